The highest BCUT2D eigenvalue weighted by atomic mass is 32.2. The number of aryl methyl sites for hydroxylation is 1. The number of carbonyl (C=O) groups excluding carboxylic acids is 1. The van der Waals surface area contributed by atoms with Crippen molar-refractivity contribution in [2.75, 3.05) is 12.0 Å². The average molecular weight is 551 g/mol. The number of aliphatic carboxylic acids is 1. The number of nitrogens with one attached hydrogen (secondary N) is 1. The lowest BCUT2D eigenvalue weighted by molar-refractivity contribution is -0.139. The molecule has 1 aliphatic carbocycles. The Kier molecular flexibility index (Phi) is 10.9. The van der Waals surface area contributed by atoms with E-state index in [-0.39, 0.29) is 5.91 Å². The molecule has 1 aliphatic heterocycles. The minimum Gasteiger partial charge on any atom is -0.480 e. The number of hydrogen-bond donors (Lipinski definition) is 2. The van der Waals surface area contributed by atoms with Crippen molar-refractivity contribution < 1.29 is 14.7 Å². The topological polar surface area (TPSA) is 69.6 Å². The summed E-state index contributed by atoms with van der Waals surface area (Å²) < 4.78 is 0. The van der Waals surface area contributed by atoms with Crippen LogP contribution in [-0.2, 0) is 11.3 Å². The van der Waals surface area contributed by atoms with E-state index >= 15 is 0 Å². The average Bonchev–Trinajstić information content (AvgIpc) is 3.32. The molecule has 5 nitrogen and oxygen atoms in total. The van der Waals surface area contributed by atoms with Crippen molar-refractivity contribution in [2.24, 2.45) is 5.92 Å². The van der Waals surface area contributed by atoms with Gasteiger partial charge in [0, 0.05) is 24.2 Å². The van der Waals surface area contributed by atoms with E-state index in [0.29, 0.717) is 29.8 Å². The lowest BCUT2D eigenvalue weighted by Crippen LogP contribution is -2.41. The largest absolute Gasteiger partial charge is 0.480 e. The highest BCUT2D eigenvalue weighted by Gasteiger charge is 2.34. The second kappa shape index (κ2) is 14.4. The molecule has 39 heavy (non-hydrogen) atoms. The van der Waals surface area contributed by atoms with Crippen LogP contribution in [0.3, 0.4) is 0 Å². The first kappa shape index (κ1) is 29.7. The van der Waals surface area contributed by atoms with E-state index in [9.17, 15) is 14.7 Å². The third kappa shape index (κ3) is 7.67. The summed E-state index contributed by atoms with van der Waals surface area (Å²) in [5.41, 5.74) is 4.76. The molecule has 2 aromatic carbocycles. The Hall–Kier alpha value is -2.31. The van der Waals surface area contributed by atoms with Gasteiger partial charge in [-0.1, -0.05) is 69.4 Å². The zero-order chi connectivity index (χ0) is 27.8. The number of likely N-dealkylation sites (tertiary alicyclic amines) is 1. The van der Waals surface area contributed by atoms with E-state index in [1.54, 1.807) is 11.8 Å². The van der Waals surface area contributed by atoms with Gasteiger partial charge in [-0.25, -0.2) is 4.79 Å². The van der Waals surface area contributed by atoms with Gasteiger partial charge in [0.15, 0.2) is 0 Å². The second-order valence-electron chi connectivity index (χ2n) is 11.5. The molecule has 1 amide bonds. The van der Waals surface area contributed by atoms with Gasteiger partial charge < -0.3 is 10.4 Å². The summed E-state index contributed by atoms with van der Waals surface area (Å²) in [7, 11) is 0. The fourth-order valence-corrected chi connectivity index (χ4v) is 7.17. The number of carboxylic acid groups (broad SMARTS) is 1. The van der Waals surface area contributed by atoms with Crippen molar-refractivity contribution in [3.8, 4) is 11.1 Å². The van der Waals surface area contributed by atoms with Gasteiger partial charge in [0.25, 0.3) is 5.91 Å². The first-order chi connectivity index (χ1) is 18.9. The quantitative estimate of drug-likeness (QED) is 0.290. The molecule has 0 radical (unpaired) electrons. The van der Waals surface area contributed by atoms with Crippen molar-refractivity contribution in [1.29, 1.82) is 0 Å². The smallest absolute Gasteiger partial charge is 0.326 e. The van der Waals surface area contributed by atoms with E-state index in [1.807, 2.05) is 24.5 Å². The Morgan fingerprint density at radius 3 is 2.46 bits per heavy atom. The standard InChI is InChI=1S/C33H46N2O3S/c1-4-26-15-16-27(20-24-11-6-5-7-12-24)35(26)22-25-14-17-29(30(21-25)28-13-9-8-10-23(28)2)32(36)34-31(33(37)38)18-19-39-3/h8-10,13-14,17,21,24,26-27,31H,4-7,11-12,15-16,18-20,22H2,1-3H3,(H,34,36)(H,37,38). The van der Waals surface area contributed by atoms with Crippen molar-refractivity contribution >= 4 is 23.6 Å². The Balaban J connectivity index is 1.61. The third-order valence-corrected chi connectivity index (χ3v) is 9.56. The predicted octanol–water partition coefficient (Wildman–Crippen LogP) is 7.31. The molecular weight excluding hydrogens is 504 g/mol. The molecule has 3 atom stereocenters. The number of nitrogens with zero attached hydrogens (tertiary/aromatic N) is 1. The summed E-state index contributed by atoms with van der Waals surface area (Å²) in [4.78, 5) is 28.0. The first-order valence-corrected chi connectivity index (χ1v) is 16.3. The van der Waals surface area contributed by atoms with Gasteiger partial charge in [-0.2, -0.15) is 11.8 Å². The summed E-state index contributed by atoms with van der Waals surface area (Å²) in [6, 6.07) is 14.7. The number of amides is 1. The van der Waals surface area contributed by atoms with E-state index < -0.39 is 12.0 Å². The molecule has 212 valence electrons. The van der Waals surface area contributed by atoms with Gasteiger partial charge in [0.1, 0.15) is 6.04 Å². The molecule has 3 unspecified atom stereocenters. The summed E-state index contributed by atoms with van der Waals surface area (Å²) >= 11 is 1.58. The fraction of sp³-hybridized carbons (Fsp3) is 0.576. The number of carbonyl (C=O) groups is 2. The number of hydrogen-bond acceptors (Lipinski definition) is 4. The van der Waals surface area contributed by atoms with Crippen LogP contribution in [0.15, 0.2) is 42.5 Å². The number of thioether (sulfide) groups is 1. The van der Waals surface area contributed by atoms with Gasteiger partial charge in [0.05, 0.1) is 0 Å². The molecule has 2 fully saturated rings. The molecule has 0 bridgehead atoms. The predicted molar refractivity (Wildman–Crippen MR) is 162 cm³/mol. The lowest BCUT2D eigenvalue weighted by atomic mass is 9.84. The Bertz CT molecular complexity index is 1110. The number of benzene rings is 2. The highest BCUT2D eigenvalue weighted by molar-refractivity contribution is 7.98. The number of rotatable bonds is 12. The molecule has 1 heterocycles. The normalized spacial score (nSPS) is 21.1. The van der Waals surface area contributed by atoms with Crippen molar-refractivity contribution in [2.45, 2.75) is 103 Å². The van der Waals surface area contributed by atoms with Gasteiger partial charge in [-0.05, 0) is 91.3 Å². The summed E-state index contributed by atoms with van der Waals surface area (Å²) in [6.07, 6.45) is 14.3. The van der Waals surface area contributed by atoms with Crippen LogP contribution in [0.5, 0.6) is 0 Å². The molecule has 1 saturated carbocycles. The van der Waals surface area contributed by atoms with E-state index in [4.69, 9.17) is 0 Å². The molecule has 6 heteroatoms. The maximum absolute atomic E-state index is 13.5. The lowest BCUT2D eigenvalue weighted by Gasteiger charge is -2.33. The molecule has 4 rings (SSSR count). The molecular formula is C33H46N2O3S. The molecule has 2 aliphatic rings. The SMILES string of the molecule is CCC1CCC(CC2CCCCC2)N1Cc1ccc(C(=O)NC(CCSC)C(=O)O)c(-c2ccccc2C)c1. The summed E-state index contributed by atoms with van der Waals surface area (Å²) in [5.74, 6) is 0.229. The Morgan fingerprint density at radius 2 is 1.77 bits per heavy atom. The van der Waals surface area contributed by atoms with Crippen LogP contribution in [0, 0.1) is 12.8 Å². The van der Waals surface area contributed by atoms with E-state index in [0.717, 1.165) is 29.2 Å². The summed E-state index contributed by atoms with van der Waals surface area (Å²) in [5, 5.41) is 12.5. The van der Waals surface area contributed by atoms with Crippen LogP contribution in [-0.4, -0.2) is 52.0 Å². The van der Waals surface area contributed by atoms with Crippen LogP contribution in [0.4, 0.5) is 0 Å². The zero-order valence-corrected chi connectivity index (χ0v) is 24.8. The van der Waals surface area contributed by atoms with Crippen molar-refractivity contribution in [1.82, 2.24) is 10.2 Å². The van der Waals surface area contributed by atoms with Gasteiger partial charge in [0.2, 0.25) is 0 Å². The van der Waals surface area contributed by atoms with Crippen LogP contribution < -0.4 is 5.32 Å². The number of carboxylic acids is 1. The second-order valence-corrected chi connectivity index (χ2v) is 12.5. The van der Waals surface area contributed by atoms with Crippen LogP contribution in [0.2, 0.25) is 0 Å². The summed E-state index contributed by atoms with van der Waals surface area (Å²) in [6.45, 7) is 5.26. The third-order valence-electron chi connectivity index (χ3n) is 8.92. The molecule has 2 aromatic rings. The van der Waals surface area contributed by atoms with Gasteiger partial charge in [-0.3, -0.25) is 9.69 Å². The highest BCUT2D eigenvalue weighted by Crippen LogP contribution is 2.37. The van der Waals surface area contributed by atoms with Gasteiger partial charge >= 0.3 is 5.97 Å². The minimum absolute atomic E-state index is 0.323. The van der Waals surface area contributed by atoms with Crippen LogP contribution in [0.1, 0.15) is 92.6 Å². The van der Waals surface area contributed by atoms with Crippen molar-refractivity contribution in [3.63, 3.8) is 0 Å². The molecule has 1 saturated heterocycles. The minimum atomic E-state index is -0.991. The fourth-order valence-electron chi connectivity index (χ4n) is 6.70. The van der Waals surface area contributed by atoms with E-state index in [1.165, 1.54) is 63.4 Å². The maximum atomic E-state index is 13.5. The molecule has 0 aromatic heterocycles. The monoisotopic (exact) mass is 550 g/mol. The molecule has 2 N–H and O–H groups in total. The molecule has 0 spiro atoms. The van der Waals surface area contributed by atoms with Crippen LogP contribution >= 0.6 is 11.8 Å². The first-order valence-electron chi connectivity index (χ1n) is 14.9. The Labute approximate surface area is 239 Å². The zero-order valence-electron chi connectivity index (χ0n) is 24.0. The Morgan fingerprint density at radius 1 is 1.03 bits per heavy atom. The van der Waals surface area contributed by atoms with Gasteiger partial charge in [-0.15, -0.1) is 0 Å². The maximum Gasteiger partial charge on any atom is 0.326 e. The van der Waals surface area contributed by atoms with E-state index in [2.05, 4.69) is 48.3 Å². The van der Waals surface area contributed by atoms with Crippen molar-refractivity contribution in [3.05, 3.63) is 59.2 Å². The van der Waals surface area contributed by atoms with Crippen LogP contribution in [0.25, 0.3) is 11.1 Å².